The number of hydrogen-bond donors (Lipinski definition) is 1. The molecule has 0 saturated carbocycles. The number of aromatic nitrogens is 3. The van der Waals surface area contributed by atoms with Crippen LogP contribution in [-0.2, 0) is 7.05 Å². The molecule has 1 N–H and O–H groups in total. The molecule has 0 atom stereocenters. The van der Waals surface area contributed by atoms with Crippen LogP contribution in [0.15, 0.2) is 68.8 Å². The third kappa shape index (κ3) is 4.60. The van der Waals surface area contributed by atoms with Crippen molar-refractivity contribution in [3.63, 3.8) is 0 Å². The van der Waals surface area contributed by atoms with Crippen LogP contribution < -0.4 is 16.6 Å². The van der Waals surface area contributed by atoms with Gasteiger partial charge in [0.15, 0.2) is 5.69 Å². The lowest BCUT2D eigenvalue weighted by molar-refractivity contribution is 0.103. The van der Waals surface area contributed by atoms with Crippen LogP contribution in [0.5, 0.6) is 0 Å². The first-order valence-electron chi connectivity index (χ1n) is 8.78. The van der Waals surface area contributed by atoms with Gasteiger partial charge in [-0.15, -0.1) is 0 Å². The molecule has 7 nitrogen and oxygen atoms in total. The van der Waals surface area contributed by atoms with Crippen LogP contribution in [0.4, 0.5) is 5.69 Å². The third-order valence-electron chi connectivity index (χ3n) is 4.19. The molecule has 0 radical (unpaired) electrons. The molecule has 8 heteroatoms. The maximum absolute atomic E-state index is 12.6. The molecule has 0 unspecified atom stereocenters. The van der Waals surface area contributed by atoms with Gasteiger partial charge >= 0.3 is 5.69 Å². The van der Waals surface area contributed by atoms with E-state index >= 15 is 0 Å². The standard InChI is InChI=1S/C21H19BrN4O3/c1-13-10-14(2)12-17(11-13)26-21(29)25(3)20(28)19(24-26)18(27)8-9-23-16-6-4-15(22)5-7-16/h4-12,23H,1-3H3/b9-8+. The first-order chi connectivity index (χ1) is 13.8. The largest absolute Gasteiger partial charge is 0.362 e. The third-order valence-corrected chi connectivity index (χ3v) is 4.72. The number of benzene rings is 2. The van der Waals surface area contributed by atoms with E-state index in [-0.39, 0.29) is 5.69 Å². The van der Waals surface area contributed by atoms with Gasteiger partial charge in [-0.25, -0.2) is 4.79 Å². The predicted octanol–water partition coefficient (Wildman–Crippen LogP) is 3.12. The van der Waals surface area contributed by atoms with Crippen LogP contribution in [0.25, 0.3) is 5.69 Å². The van der Waals surface area contributed by atoms with E-state index in [1.54, 1.807) is 12.1 Å². The Bertz CT molecular complexity index is 1200. The van der Waals surface area contributed by atoms with Crippen LogP contribution >= 0.6 is 15.9 Å². The van der Waals surface area contributed by atoms with Crippen LogP contribution in [0.3, 0.4) is 0 Å². The molecule has 29 heavy (non-hydrogen) atoms. The van der Waals surface area contributed by atoms with Gasteiger partial charge in [0.25, 0.3) is 5.56 Å². The van der Waals surface area contributed by atoms with Crippen molar-refractivity contribution in [1.29, 1.82) is 0 Å². The van der Waals surface area contributed by atoms with Gasteiger partial charge in [0.2, 0.25) is 5.78 Å². The smallest absolute Gasteiger partial charge is 0.351 e. The van der Waals surface area contributed by atoms with Crippen molar-refractivity contribution < 1.29 is 4.79 Å². The average Bonchev–Trinajstić information content (AvgIpc) is 2.67. The zero-order valence-electron chi connectivity index (χ0n) is 16.1. The van der Waals surface area contributed by atoms with Crippen LogP contribution in [0, 0.1) is 13.8 Å². The van der Waals surface area contributed by atoms with Gasteiger partial charge in [-0.1, -0.05) is 22.0 Å². The van der Waals surface area contributed by atoms with Gasteiger partial charge in [-0.05, 0) is 61.4 Å². The van der Waals surface area contributed by atoms with Crippen LogP contribution in [-0.4, -0.2) is 20.1 Å². The maximum Gasteiger partial charge on any atom is 0.351 e. The number of halogens is 1. The van der Waals surface area contributed by atoms with E-state index in [1.165, 1.54) is 19.3 Å². The fraction of sp³-hybridized carbons (Fsp3) is 0.143. The van der Waals surface area contributed by atoms with E-state index in [4.69, 9.17) is 0 Å². The number of carbonyl (C=O) groups is 1. The van der Waals surface area contributed by atoms with Gasteiger partial charge < -0.3 is 5.32 Å². The molecule has 0 spiro atoms. The highest BCUT2D eigenvalue weighted by Gasteiger charge is 2.17. The zero-order chi connectivity index (χ0) is 21.1. The van der Waals surface area contributed by atoms with Gasteiger partial charge in [-0.3, -0.25) is 14.2 Å². The summed E-state index contributed by atoms with van der Waals surface area (Å²) < 4.78 is 2.89. The Balaban J connectivity index is 1.96. The summed E-state index contributed by atoms with van der Waals surface area (Å²) >= 11 is 3.35. The van der Waals surface area contributed by atoms with E-state index < -0.39 is 17.0 Å². The van der Waals surface area contributed by atoms with Crippen molar-refractivity contribution >= 4 is 27.4 Å². The molecule has 148 valence electrons. The molecule has 2 aromatic carbocycles. The summed E-state index contributed by atoms with van der Waals surface area (Å²) in [6.45, 7) is 3.79. The molecule has 3 aromatic rings. The first-order valence-corrected chi connectivity index (χ1v) is 9.57. The van der Waals surface area contributed by atoms with E-state index in [2.05, 4.69) is 26.3 Å². The zero-order valence-corrected chi connectivity index (χ0v) is 17.7. The Kier molecular flexibility index (Phi) is 5.93. The summed E-state index contributed by atoms with van der Waals surface area (Å²) in [7, 11) is 1.33. The fourth-order valence-corrected chi connectivity index (χ4v) is 3.07. The summed E-state index contributed by atoms with van der Waals surface area (Å²) in [4.78, 5) is 37.5. The van der Waals surface area contributed by atoms with E-state index in [9.17, 15) is 14.4 Å². The Morgan fingerprint density at radius 1 is 1.07 bits per heavy atom. The lowest BCUT2D eigenvalue weighted by Crippen LogP contribution is -2.42. The first kappa shape index (κ1) is 20.5. The van der Waals surface area contributed by atoms with Crippen LogP contribution in [0.2, 0.25) is 0 Å². The number of carbonyl (C=O) groups excluding carboxylic acids is 1. The molecule has 1 aromatic heterocycles. The average molecular weight is 455 g/mol. The van der Waals surface area contributed by atoms with Crippen molar-refractivity contribution in [2.24, 2.45) is 7.05 Å². The second kappa shape index (κ2) is 8.40. The van der Waals surface area contributed by atoms with Gasteiger partial charge in [0, 0.05) is 29.5 Å². The second-order valence-corrected chi connectivity index (χ2v) is 7.52. The SMILES string of the molecule is Cc1cc(C)cc(-n2nc(C(=O)/C=C/Nc3ccc(Br)cc3)c(=O)n(C)c2=O)c1. The molecule has 0 fully saturated rings. The Morgan fingerprint density at radius 3 is 2.31 bits per heavy atom. The lowest BCUT2D eigenvalue weighted by Gasteiger charge is -2.10. The van der Waals surface area contributed by atoms with Crippen molar-refractivity contribution in [3.8, 4) is 5.69 Å². The maximum atomic E-state index is 12.6. The number of aryl methyl sites for hydroxylation is 2. The summed E-state index contributed by atoms with van der Waals surface area (Å²) in [6.07, 6.45) is 2.64. The highest BCUT2D eigenvalue weighted by Crippen LogP contribution is 2.14. The Morgan fingerprint density at radius 2 is 1.69 bits per heavy atom. The molecule has 1 heterocycles. The number of hydrogen-bond acceptors (Lipinski definition) is 5. The molecular weight excluding hydrogens is 436 g/mol. The number of anilines is 1. The Labute approximate surface area is 175 Å². The monoisotopic (exact) mass is 454 g/mol. The fourth-order valence-electron chi connectivity index (χ4n) is 2.81. The topological polar surface area (TPSA) is 86.0 Å². The molecular formula is C21H19BrN4O3. The highest BCUT2D eigenvalue weighted by molar-refractivity contribution is 9.10. The van der Waals surface area contributed by atoms with Gasteiger partial charge in [0.05, 0.1) is 5.69 Å². The second-order valence-electron chi connectivity index (χ2n) is 6.60. The summed E-state index contributed by atoms with van der Waals surface area (Å²) in [5.41, 5.74) is 1.46. The van der Waals surface area contributed by atoms with Gasteiger partial charge in [-0.2, -0.15) is 9.78 Å². The van der Waals surface area contributed by atoms with Gasteiger partial charge in [0.1, 0.15) is 0 Å². The molecule has 0 saturated heterocycles. The van der Waals surface area contributed by atoms with Crippen molar-refractivity contribution in [3.05, 3.63) is 96.9 Å². The highest BCUT2D eigenvalue weighted by atomic mass is 79.9. The number of allylic oxidation sites excluding steroid dienone is 1. The number of nitrogens with zero attached hydrogens (tertiary/aromatic N) is 3. The summed E-state index contributed by atoms with van der Waals surface area (Å²) in [5.74, 6) is -0.603. The van der Waals surface area contributed by atoms with Crippen molar-refractivity contribution in [2.45, 2.75) is 13.8 Å². The normalized spacial score (nSPS) is 11.0. The van der Waals surface area contributed by atoms with Crippen molar-refractivity contribution in [1.82, 2.24) is 14.3 Å². The lowest BCUT2D eigenvalue weighted by atomic mass is 10.1. The quantitative estimate of drug-likeness (QED) is 0.472. The Hall–Kier alpha value is -3.26. The minimum atomic E-state index is -0.742. The molecule has 0 aliphatic rings. The molecule has 0 aliphatic carbocycles. The minimum Gasteiger partial charge on any atom is -0.362 e. The predicted molar refractivity (Wildman–Crippen MR) is 116 cm³/mol. The van der Waals surface area contributed by atoms with Crippen molar-refractivity contribution in [2.75, 3.05) is 5.32 Å². The van der Waals surface area contributed by atoms with E-state index in [1.807, 2.05) is 44.2 Å². The number of ketones is 1. The van der Waals surface area contributed by atoms with Crippen LogP contribution in [0.1, 0.15) is 21.6 Å². The number of rotatable bonds is 5. The summed E-state index contributed by atoms with van der Waals surface area (Å²) in [5, 5.41) is 7.01. The molecule has 3 rings (SSSR count). The minimum absolute atomic E-state index is 0.333. The van der Waals surface area contributed by atoms with E-state index in [0.717, 1.165) is 30.5 Å². The molecule has 0 aliphatic heterocycles. The molecule has 0 bridgehead atoms. The molecule has 0 amide bonds. The van der Waals surface area contributed by atoms with E-state index in [0.29, 0.717) is 5.69 Å². The summed E-state index contributed by atoms with van der Waals surface area (Å²) in [6, 6.07) is 12.9. The number of nitrogens with one attached hydrogen (secondary N) is 1.